The van der Waals surface area contributed by atoms with E-state index in [2.05, 4.69) is 6.92 Å². The molecule has 3 saturated carbocycles. The predicted molar refractivity (Wildman–Crippen MR) is 82.4 cm³/mol. The van der Waals surface area contributed by atoms with Gasteiger partial charge in [0.1, 0.15) is 11.6 Å². The minimum atomic E-state index is 0.121. The summed E-state index contributed by atoms with van der Waals surface area (Å²) >= 11 is 0. The third-order valence-electron chi connectivity index (χ3n) is 6.32. The van der Waals surface area contributed by atoms with Crippen LogP contribution in [0.1, 0.15) is 64.7 Å². The molecule has 116 valence electrons. The summed E-state index contributed by atoms with van der Waals surface area (Å²) in [6.07, 6.45) is 7.83. The monoisotopic (exact) mass is 289 g/mol. The third-order valence-corrected chi connectivity index (χ3v) is 6.32. The molecule has 21 heavy (non-hydrogen) atoms. The number of hydrogen-bond donors (Lipinski definition) is 1. The van der Waals surface area contributed by atoms with Gasteiger partial charge in [0.15, 0.2) is 0 Å². The van der Waals surface area contributed by atoms with Crippen LogP contribution in [-0.2, 0) is 9.59 Å². The van der Waals surface area contributed by atoms with Crippen LogP contribution in [0.3, 0.4) is 0 Å². The Labute approximate surface area is 127 Å². The molecule has 3 rings (SSSR count). The molecular formula is C18H27NO2. The molecule has 3 aliphatic carbocycles. The van der Waals surface area contributed by atoms with Crippen molar-refractivity contribution < 1.29 is 9.59 Å². The van der Waals surface area contributed by atoms with Gasteiger partial charge >= 0.3 is 0 Å². The van der Waals surface area contributed by atoms with Crippen LogP contribution >= 0.6 is 0 Å². The van der Waals surface area contributed by atoms with Crippen molar-refractivity contribution in [2.45, 2.75) is 64.7 Å². The lowest BCUT2D eigenvalue weighted by molar-refractivity contribution is -0.133. The normalized spacial score (nSPS) is 41.6. The fourth-order valence-corrected chi connectivity index (χ4v) is 5.09. The quantitative estimate of drug-likeness (QED) is 0.737. The zero-order chi connectivity index (χ0) is 15.0. The topological polar surface area (TPSA) is 58.0 Å². The number of fused-ring (bicyclic) bond motifs is 3. The van der Waals surface area contributed by atoms with Crippen LogP contribution in [0.2, 0.25) is 0 Å². The summed E-state index contributed by atoms with van der Waals surface area (Å²) in [6, 6.07) is 0. The zero-order valence-corrected chi connectivity index (χ0v) is 13.1. The Bertz CT molecular complexity index is 456. The highest BCUT2D eigenvalue weighted by molar-refractivity contribution is 5.91. The van der Waals surface area contributed by atoms with Crippen LogP contribution in [-0.4, -0.2) is 17.3 Å². The standard InChI is InChI=1S/C18H27NO2/c1-11-5-7-13(20)3-2-4-14-15-8-6-12(19)9-17(15)18(21)10-16(11)14/h11,14-17,19H,2-10H2,1H3. The summed E-state index contributed by atoms with van der Waals surface area (Å²) in [5, 5.41) is 7.92. The number of carbonyl (C=O) groups is 2. The van der Waals surface area contributed by atoms with Gasteiger partial charge in [-0.1, -0.05) is 6.92 Å². The van der Waals surface area contributed by atoms with Gasteiger partial charge in [0.05, 0.1) is 0 Å². The predicted octanol–water partition coefficient (Wildman–Crippen LogP) is 3.80. The van der Waals surface area contributed by atoms with Crippen LogP contribution in [0, 0.1) is 35.0 Å². The van der Waals surface area contributed by atoms with Gasteiger partial charge in [0.25, 0.3) is 0 Å². The molecule has 3 heteroatoms. The maximum absolute atomic E-state index is 12.6. The Morgan fingerprint density at radius 1 is 0.905 bits per heavy atom. The lowest BCUT2D eigenvalue weighted by Crippen LogP contribution is -2.45. The first kappa shape index (κ1) is 14.9. The molecule has 5 atom stereocenters. The maximum Gasteiger partial charge on any atom is 0.136 e. The van der Waals surface area contributed by atoms with E-state index in [9.17, 15) is 9.59 Å². The van der Waals surface area contributed by atoms with Crippen LogP contribution in [0.4, 0.5) is 0 Å². The van der Waals surface area contributed by atoms with Gasteiger partial charge in [-0.05, 0) is 62.2 Å². The van der Waals surface area contributed by atoms with Crippen LogP contribution < -0.4 is 0 Å². The average Bonchev–Trinajstić information content (AvgIpc) is 2.52. The van der Waals surface area contributed by atoms with E-state index in [1.54, 1.807) is 0 Å². The minimum Gasteiger partial charge on any atom is -0.310 e. The molecule has 0 aromatic heterocycles. The van der Waals surface area contributed by atoms with E-state index in [0.717, 1.165) is 44.2 Å². The molecule has 0 heterocycles. The van der Waals surface area contributed by atoms with Crippen molar-refractivity contribution in [3.05, 3.63) is 0 Å². The molecule has 0 aliphatic heterocycles. The molecular weight excluding hydrogens is 262 g/mol. The molecule has 0 spiro atoms. The molecule has 5 unspecified atom stereocenters. The molecule has 3 aliphatic rings. The zero-order valence-electron chi connectivity index (χ0n) is 13.1. The molecule has 0 aromatic rings. The minimum absolute atomic E-state index is 0.121. The van der Waals surface area contributed by atoms with Crippen molar-refractivity contribution >= 4 is 17.3 Å². The highest BCUT2D eigenvalue weighted by Crippen LogP contribution is 2.49. The van der Waals surface area contributed by atoms with Crippen LogP contribution in [0.25, 0.3) is 0 Å². The third kappa shape index (κ3) is 2.97. The van der Waals surface area contributed by atoms with E-state index in [4.69, 9.17) is 5.41 Å². The number of ketones is 2. The number of nitrogens with one attached hydrogen (secondary N) is 1. The summed E-state index contributed by atoms with van der Waals surface area (Å²) in [4.78, 5) is 24.4. The lowest BCUT2D eigenvalue weighted by Gasteiger charge is -2.46. The molecule has 3 fully saturated rings. The second kappa shape index (κ2) is 6.02. The molecule has 0 amide bonds. The highest BCUT2D eigenvalue weighted by Gasteiger charge is 2.46. The first-order chi connectivity index (χ1) is 10.1. The van der Waals surface area contributed by atoms with Gasteiger partial charge in [-0.15, -0.1) is 0 Å². The molecule has 0 radical (unpaired) electrons. The van der Waals surface area contributed by atoms with Crippen molar-refractivity contribution in [3.63, 3.8) is 0 Å². The van der Waals surface area contributed by atoms with Gasteiger partial charge in [0.2, 0.25) is 0 Å². The van der Waals surface area contributed by atoms with Crippen molar-refractivity contribution in [1.29, 1.82) is 5.41 Å². The lowest BCUT2D eigenvalue weighted by atomic mass is 9.57. The summed E-state index contributed by atoms with van der Waals surface area (Å²) < 4.78 is 0. The molecule has 0 saturated heterocycles. The number of hydrogen-bond acceptors (Lipinski definition) is 3. The van der Waals surface area contributed by atoms with E-state index in [1.807, 2.05) is 0 Å². The van der Waals surface area contributed by atoms with Gasteiger partial charge in [0, 0.05) is 30.9 Å². The summed E-state index contributed by atoms with van der Waals surface area (Å²) in [6.45, 7) is 2.24. The molecule has 0 aromatic carbocycles. The van der Waals surface area contributed by atoms with Crippen molar-refractivity contribution in [2.24, 2.45) is 29.6 Å². The van der Waals surface area contributed by atoms with E-state index >= 15 is 0 Å². The van der Waals surface area contributed by atoms with Crippen LogP contribution in [0.5, 0.6) is 0 Å². The Balaban J connectivity index is 1.84. The Kier molecular flexibility index (Phi) is 4.28. The summed E-state index contributed by atoms with van der Waals surface area (Å²) in [5.41, 5.74) is 0.773. The fraction of sp³-hybridized carbons (Fsp3) is 0.833. The maximum atomic E-state index is 12.6. The van der Waals surface area contributed by atoms with E-state index in [0.29, 0.717) is 54.5 Å². The van der Waals surface area contributed by atoms with E-state index in [1.165, 1.54) is 0 Å². The van der Waals surface area contributed by atoms with Gasteiger partial charge in [-0.2, -0.15) is 0 Å². The summed E-state index contributed by atoms with van der Waals surface area (Å²) in [5.74, 6) is 3.01. The largest absolute Gasteiger partial charge is 0.310 e. The van der Waals surface area contributed by atoms with Crippen molar-refractivity contribution in [3.8, 4) is 0 Å². The van der Waals surface area contributed by atoms with Crippen LogP contribution in [0.15, 0.2) is 0 Å². The van der Waals surface area contributed by atoms with Gasteiger partial charge in [-0.3, -0.25) is 9.59 Å². The van der Waals surface area contributed by atoms with Crippen molar-refractivity contribution in [1.82, 2.24) is 0 Å². The number of rotatable bonds is 0. The first-order valence-electron chi connectivity index (χ1n) is 8.67. The second-order valence-electron chi connectivity index (χ2n) is 7.56. The Morgan fingerprint density at radius 2 is 1.71 bits per heavy atom. The van der Waals surface area contributed by atoms with E-state index < -0.39 is 0 Å². The SMILES string of the molecule is CC1CCC(=O)CCCC2C1CC(=O)C1CC(=N)CCC12. The Morgan fingerprint density at radius 3 is 2.52 bits per heavy atom. The Hall–Kier alpha value is -0.990. The second-order valence-corrected chi connectivity index (χ2v) is 7.56. The van der Waals surface area contributed by atoms with Gasteiger partial charge in [-0.25, -0.2) is 0 Å². The fourth-order valence-electron chi connectivity index (χ4n) is 5.09. The van der Waals surface area contributed by atoms with Crippen molar-refractivity contribution in [2.75, 3.05) is 0 Å². The first-order valence-corrected chi connectivity index (χ1v) is 8.67. The average molecular weight is 289 g/mol. The van der Waals surface area contributed by atoms with Gasteiger partial charge < -0.3 is 5.41 Å². The molecule has 3 nitrogen and oxygen atoms in total. The van der Waals surface area contributed by atoms with E-state index in [-0.39, 0.29) is 5.92 Å². The number of Topliss-reactive ketones (excluding diaryl/α,β-unsaturated/α-hetero) is 2. The number of carbonyl (C=O) groups excluding carboxylic acids is 2. The molecule has 1 N–H and O–H groups in total. The molecule has 0 bridgehead atoms. The summed E-state index contributed by atoms with van der Waals surface area (Å²) in [7, 11) is 0. The highest BCUT2D eigenvalue weighted by atomic mass is 16.1. The smallest absolute Gasteiger partial charge is 0.136 e.